The van der Waals surface area contributed by atoms with Crippen LogP contribution in [0, 0.1) is 0 Å². The molecule has 0 saturated carbocycles. The quantitative estimate of drug-likeness (QED) is 0.580. The van der Waals surface area contributed by atoms with E-state index >= 15 is 0 Å². The van der Waals surface area contributed by atoms with Gasteiger partial charge in [0.25, 0.3) is 0 Å². The van der Waals surface area contributed by atoms with Gasteiger partial charge in [0.1, 0.15) is 5.82 Å². The summed E-state index contributed by atoms with van der Waals surface area (Å²) in [5.41, 5.74) is 0.670. The van der Waals surface area contributed by atoms with Crippen molar-refractivity contribution in [2.75, 3.05) is 30.3 Å². The fourth-order valence-corrected chi connectivity index (χ4v) is 1.87. The van der Waals surface area contributed by atoms with Crippen molar-refractivity contribution >= 4 is 28.7 Å². The number of aromatic amines is 1. The fraction of sp³-hybridized carbons (Fsp3) is 0.538. The summed E-state index contributed by atoms with van der Waals surface area (Å²) in [5.74, 6) is 1.25. The lowest BCUT2D eigenvalue weighted by Gasteiger charge is -2.09. The van der Waals surface area contributed by atoms with Crippen LogP contribution in [0.1, 0.15) is 26.7 Å². The monoisotopic (exact) mass is 291 g/mol. The van der Waals surface area contributed by atoms with Crippen molar-refractivity contribution in [2.45, 2.75) is 26.7 Å². The first-order chi connectivity index (χ1) is 10.2. The van der Waals surface area contributed by atoms with Gasteiger partial charge in [-0.3, -0.25) is 9.89 Å². The molecule has 0 atom stereocenters. The first-order valence-corrected chi connectivity index (χ1v) is 7.20. The number of fused-ring (bicyclic) bond motifs is 1. The number of hydrogen-bond acceptors (Lipinski definition) is 6. The molecule has 2 rings (SSSR count). The molecule has 8 heteroatoms. The number of nitrogens with one attached hydrogen (secondary N) is 4. The van der Waals surface area contributed by atoms with E-state index in [2.05, 4.69) is 43.0 Å². The number of amides is 1. The van der Waals surface area contributed by atoms with Crippen LogP contribution in [0.3, 0.4) is 0 Å². The number of anilines is 2. The Labute approximate surface area is 123 Å². The number of carbonyl (C=O) groups excluding carboxylic acids is 1. The number of hydrogen-bond donors (Lipinski definition) is 4. The highest BCUT2D eigenvalue weighted by atomic mass is 16.1. The summed E-state index contributed by atoms with van der Waals surface area (Å²) in [7, 11) is 0. The fourth-order valence-electron chi connectivity index (χ4n) is 1.87. The van der Waals surface area contributed by atoms with Crippen LogP contribution in [-0.4, -0.2) is 45.7 Å². The van der Waals surface area contributed by atoms with E-state index in [1.807, 2.05) is 6.92 Å². The Morgan fingerprint density at radius 3 is 2.86 bits per heavy atom. The SMILES string of the molecule is CCCNc1nc(NCCC(=O)NCC)c2cn[nH]c2n1. The molecule has 21 heavy (non-hydrogen) atoms. The second kappa shape index (κ2) is 7.41. The van der Waals surface area contributed by atoms with Crippen LogP contribution in [0.25, 0.3) is 11.0 Å². The zero-order valence-corrected chi connectivity index (χ0v) is 12.4. The second-order valence-electron chi connectivity index (χ2n) is 4.59. The Morgan fingerprint density at radius 2 is 2.10 bits per heavy atom. The topological polar surface area (TPSA) is 108 Å². The maximum absolute atomic E-state index is 11.4. The molecule has 0 fully saturated rings. The van der Waals surface area contributed by atoms with Gasteiger partial charge in [0.05, 0.1) is 11.6 Å². The summed E-state index contributed by atoms with van der Waals surface area (Å²) < 4.78 is 0. The Bertz CT molecular complexity index is 595. The molecule has 0 radical (unpaired) electrons. The first-order valence-electron chi connectivity index (χ1n) is 7.20. The number of nitrogens with zero attached hydrogens (tertiary/aromatic N) is 3. The number of aromatic nitrogens is 4. The lowest BCUT2D eigenvalue weighted by atomic mass is 10.3. The lowest BCUT2D eigenvalue weighted by molar-refractivity contribution is -0.120. The van der Waals surface area contributed by atoms with Crippen molar-refractivity contribution in [3.8, 4) is 0 Å². The average Bonchev–Trinajstić information content (AvgIpc) is 2.94. The summed E-state index contributed by atoms with van der Waals surface area (Å²) in [6.07, 6.45) is 3.06. The van der Waals surface area contributed by atoms with E-state index in [4.69, 9.17) is 0 Å². The Hall–Kier alpha value is -2.38. The van der Waals surface area contributed by atoms with Gasteiger partial charge in [0.2, 0.25) is 11.9 Å². The van der Waals surface area contributed by atoms with E-state index in [1.165, 1.54) is 0 Å². The van der Waals surface area contributed by atoms with Crippen LogP contribution in [0.2, 0.25) is 0 Å². The van der Waals surface area contributed by atoms with Crippen molar-refractivity contribution in [3.63, 3.8) is 0 Å². The highest BCUT2D eigenvalue weighted by Crippen LogP contribution is 2.19. The molecule has 0 unspecified atom stereocenters. The highest BCUT2D eigenvalue weighted by molar-refractivity contribution is 5.87. The molecule has 0 aliphatic carbocycles. The molecule has 0 aliphatic heterocycles. The predicted octanol–water partition coefficient (Wildman–Crippen LogP) is 1.11. The van der Waals surface area contributed by atoms with Gasteiger partial charge in [-0.15, -0.1) is 0 Å². The summed E-state index contributed by atoms with van der Waals surface area (Å²) >= 11 is 0. The molecular weight excluding hydrogens is 270 g/mol. The number of H-pyrrole nitrogens is 1. The minimum Gasteiger partial charge on any atom is -0.369 e. The Balaban J connectivity index is 2.06. The normalized spacial score (nSPS) is 10.6. The third-order valence-electron chi connectivity index (χ3n) is 2.86. The molecule has 0 aliphatic rings. The van der Waals surface area contributed by atoms with Gasteiger partial charge in [-0.25, -0.2) is 0 Å². The maximum Gasteiger partial charge on any atom is 0.226 e. The van der Waals surface area contributed by atoms with Crippen LogP contribution in [-0.2, 0) is 4.79 Å². The molecule has 2 heterocycles. The van der Waals surface area contributed by atoms with Crippen molar-refractivity contribution in [1.82, 2.24) is 25.5 Å². The summed E-state index contributed by atoms with van der Waals surface area (Å²) in [6.45, 7) is 5.93. The van der Waals surface area contributed by atoms with E-state index in [-0.39, 0.29) is 5.91 Å². The lowest BCUT2D eigenvalue weighted by Crippen LogP contribution is -2.25. The van der Waals surface area contributed by atoms with Gasteiger partial charge in [-0.05, 0) is 13.3 Å². The van der Waals surface area contributed by atoms with Crippen LogP contribution >= 0.6 is 0 Å². The van der Waals surface area contributed by atoms with Gasteiger partial charge in [-0.1, -0.05) is 6.92 Å². The molecular formula is C13H21N7O. The van der Waals surface area contributed by atoms with Gasteiger partial charge in [0.15, 0.2) is 5.65 Å². The molecule has 0 bridgehead atoms. The molecule has 2 aromatic rings. The van der Waals surface area contributed by atoms with E-state index in [0.717, 1.165) is 18.4 Å². The average molecular weight is 291 g/mol. The van der Waals surface area contributed by atoms with Gasteiger partial charge in [0, 0.05) is 26.1 Å². The minimum absolute atomic E-state index is 0.0202. The van der Waals surface area contributed by atoms with E-state index in [1.54, 1.807) is 6.20 Å². The number of carbonyl (C=O) groups is 1. The first kappa shape index (κ1) is 15.0. The standard InChI is InChI=1S/C13H21N7O/c1-3-6-16-13-18-11(9-8-17-20-12(9)19-13)15-7-5-10(21)14-4-2/h8H,3-7H2,1-2H3,(H,14,21)(H3,15,16,17,18,19,20). The molecule has 114 valence electrons. The molecule has 0 saturated heterocycles. The van der Waals surface area contributed by atoms with Crippen molar-refractivity contribution < 1.29 is 4.79 Å². The highest BCUT2D eigenvalue weighted by Gasteiger charge is 2.09. The minimum atomic E-state index is 0.0202. The third-order valence-corrected chi connectivity index (χ3v) is 2.86. The third kappa shape index (κ3) is 4.04. The summed E-state index contributed by atoms with van der Waals surface area (Å²) in [6, 6.07) is 0. The molecule has 0 spiro atoms. The van der Waals surface area contributed by atoms with Gasteiger partial charge in [-0.2, -0.15) is 15.1 Å². The van der Waals surface area contributed by atoms with E-state index in [0.29, 0.717) is 36.9 Å². The van der Waals surface area contributed by atoms with Crippen molar-refractivity contribution in [2.24, 2.45) is 0 Å². The Kier molecular flexibility index (Phi) is 5.30. The second-order valence-corrected chi connectivity index (χ2v) is 4.59. The van der Waals surface area contributed by atoms with E-state index in [9.17, 15) is 4.79 Å². The summed E-state index contributed by atoms with van der Waals surface area (Å²) in [4.78, 5) is 20.2. The summed E-state index contributed by atoms with van der Waals surface area (Å²) in [5, 5.41) is 16.7. The predicted molar refractivity (Wildman–Crippen MR) is 82.3 cm³/mol. The largest absolute Gasteiger partial charge is 0.369 e. The number of rotatable bonds is 8. The molecule has 4 N–H and O–H groups in total. The van der Waals surface area contributed by atoms with Crippen LogP contribution in [0.15, 0.2) is 6.20 Å². The Morgan fingerprint density at radius 1 is 1.24 bits per heavy atom. The van der Waals surface area contributed by atoms with Gasteiger partial charge < -0.3 is 16.0 Å². The zero-order chi connectivity index (χ0) is 15.1. The molecule has 2 aromatic heterocycles. The smallest absolute Gasteiger partial charge is 0.226 e. The van der Waals surface area contributed by atoms with Crippen LogP contribution in [0.5, 0.6) is 0 Å². The zero-order valence-electron chi connectivity index (χ0n) is 12.4. The maximum atomic E-state index is 11.4. The van der Waals surface area contributed by atoms with Crippen LogP contribution in [0.4, 0.5) is 11.8 Å². The molecule has 8 nitrogen and oxygen atoms in total. The van der Waals surface area contributed by atoms with E-state index < -0.39 is 0 Å². The molecule has 0 aromatic carbocycles. The van der Waals surface area contributed by atoms with Gasteiger partial charge >= 0.3 is 0 Å². The van der Waals surface area contributed by atoms with Crippen molar-refractivity contribution in [3.05, 3.63) is 6.20 Å². The molecule has 1 amide bonds. The van der Waals surface area contributed by atoms with Crippen LogP contribution < -0.4 is 16.0 Å². The van der Waals surface area contributed by atoms with Crippen molar-refractivity contribution in [1.29, 1.82) is 0 Å².